The van der Waals surface area contributed by atoms with E-state index in [4.69, 9.17) is 20.0 Å². The molecule has 29 heavy (non-hydrogen) atoms. The second-order valence-corrected chi connectivity index (χ2v) is 7.06. The molecule has 148 valence electrons. The molecule has 0 bridgehead atoms. The first-order valence-electron chi connectivity index (χ1n) is 9.32. The summed E-state index contributed by atoms with van der Waals surface area (Å²) in [5, 5.41) is 5.12. The average Bonchev–Trinajstić information content (AvgIpc) is 2.98. The van der Waals surface area contributed by atoms with Gasteiger partial charge in [0.25, 0.3) is 0 Å². The minimum Gasteiger partial charge on any atom is -0.455 e. The van der Waals surface area contributed by atoms with Gasteiger partial charge in [-0.05, 0) is 46.2 Å². The summed E-state index contributed by atoms with van der Waals surface area (Å²) in [5.74, 6) is 1.33. The maximum atomic E-state index is 6.03. The third-order valence-corrected chi connectivity index (χ3v) is 4.81. The fraction of sp³-hybridized carbons (Fsp3) is 0.286. The number of nitrogen functional groups attached to an aromatic ring is 1. The number of pyridine rings is 1. The Bertz CT molecular complexity index is 1180. The second kappa shape index (κ2) is 7.12. The van der Waals surface area contributed by atoms with E-state index in [1.54, 1.807) is 6.92 Å². The van der Waals surface area contributed by atoms with Gasteiger partial charge < -0.3 is 15.0 Å². The molecule has 4 aromatic rings. The number of aryl methyl sites for hydroxylation is 4. The molecule has 0 fully saturated rings. The fourth-order valence-electron chi connectivity index (χ4n) is 3.45. The van der Waals surface area contributed by atoms with Crippen molar-refractivity contribution in [3.05, 3.63) is 52.7 Å². The number of aromatic nitrogens is 5. The largest absolute Gasteiger partial charge is 0.455 e. The zero-order chi connectivity index (χ0) is 20.7. The van der Waals surface area contributed by atoms with Crippen LogP contribution in [-0.4, -0.2) is 25.1 Å². The molecule has 8 nitrogen and oxygen atoms in total. The molecule has 0 amide bonds. The highest BCUT2D eigenvalue weighted by Crippen LogP contribution is 2.35. The zero-order valence-electron chi connectivity index (χ0n) is 17.0. The number of nitrogens with two attached hydrogens (primary N) is 1. The molecule has 2 N–H and O–H groups in total. The number of hydrogen-bond donors (Lipinski definition) is 1. The van der Waals surface area contributed by atoms with Gasteiger partial charge in [-0.25, -0.2) is 4.98 Å². The lowest BCUT2D eigenvalue weighted by Gasteiger charge is -2.18. The van der Waals surface area contributed by atoms with E-state index >= 15 is 0 Å². The molecular formula is C21H22N6O2. The standard InChI is InChI=1S/C21H22N6O2/c1-10-7-6-8-15-9-16(12(3)28-21-24-14(5)23-20(22)26-21)19(25-18(10)15)17-11(2)27-29-13(17)4/h6-9,12H,1-5H3,(H2,22,23,24,26). The van der Waals surface area contributed by atoms with E-state index in [1.165, 1.54) is 0 Å². The van der Waals surface area contributed by atoms with Crippen LogP contribution in [0, 0.1) is 27.7 Å². The van der Waals surface area contributed by atoms with Crippen molar-refractivity contribution in [2.75, 3.05) is 5.73 Å². The molecule has 3 aromatic heterocycles. The summed E-state index contributed by atoms with van der Waals surface area (Å²) in [6.45, 7) is 9.49. The molecular weight excluding hydrogens is 368 g/mol. The van der Waals surface area contributed by atoms with Gasteiger partial charge in [0.05, 0.1) is 22.5 Å². The molecule has 0 aliphatic rings. The topological polar surface area (TPSA) is 113 Å². The Morgan fingerprint density at radius 3 is 2.52 bits per heavy atom. The van der Waals surface area contributed by atoms with Gasteiger partial charge in [0.2, 0.25) is 5.95 Å². The van der Waals surface area contributed by atoms with Crippen LogP contribution in [0.1, 0.15) is 41.4 Å². The van der Waals surface area contributed by atoms with Crippen molar-refractivity contribution < 1.29 is 9.26 Å². The SMILES string of the molecule is Cc1nc(N)nc(OC(C)c2cc3cccc(C)c3nc2-c2c(C)noc2C)n1. The van der Waals surface area contributed by atoms with Crippen molar-refractivity contribution in [1.29, 1.82) is 0 Å². The molecule has 1 unspecified atom stereocenters. The number of anilines is 1. The molecule has 0 saturated heterocycles. The van der Waals surface area contributed by atoms with Gasteiger partial charge in [0.15, 0.2) is 0 Å². The summed E-state index contributed by atoms with van der Waals surface area (Å²) in [6.07, 6.45) is -0.391. The quantitative estimate of drug-likeness (QED) is 0.556. The van der Waals surface area contributed by atoms with Gasteiger partial charge in [-0.15, -0.1) is 0 Å². The molecule has 3 heterocycles. The highest BCUT2D eigenvalue weighted by atomic mass is 16.5. The van der Waals surface area contributed by atoms with Crippen LogP contribution in [0.5, 0.6) is 6.01 Å². The Labute approximate surface area is 168 Å². The lowest BCUT2D eigenvalue weighted by molar-refractivity contribution is 0.207. The van der Waals surface area contributed by atoms with E-state index in [0.717, 1.165) is 39.0 Å². The van der Waals surface area contributed by atoms with Crippen LogP contribution >= 0.6 is 0 Å². The van der Waals surface area contributed by atoms with E-state index in [0.29, 0.717) is 11.6 Å². The summed E-state index contributed by atoms with van der Waals surface area (Å²) in [7, 11) is 0. The first-order chi connectivity index (χ1) is 13.8. The lowest BCUT2D eigenvalue weighted by Crippen LogP contribution is -2.11. The maximum absolute atomic E-state index is 6.03. The Hall–Kier alpha value is -3.55. The van der Waals surface area contributed by atoms with Crippen LogP contribution < -0.4 is 10.5 Å². The van der Waals surface area contributed by atoms with Gasteiger partial charge in [-0.1, -0.05) is 23.4 Å². The molecule has 0 radical (unpaired) electrons. The van der Waals surface area contributed by atoms with Crippen LogP contribution in [0.3, 0.4) is 0 Å². The molecule has 8 heteroatoms. The lowest BCUT2D eigenvalue weighted by atomic mass is 9.98. The van der Waals surface area contributed by atoms with Crippen LogP contribution in [0.25, 0.3) is 22.2 Å². The molecule has 1 atom stereocenters. The third-order valence-electron chi connectivity index (χ3n) is 4.81. The number of rotatable bonds is 4. The predicted octanol–water partition coefficient (Wildman–Crippen LogP) is 4.03. The number of benzene rings is 1. The Kier molecular flexibility index (Phi) is 4.62. The number of para-hydroxylation sites is 1. The van der Waals surface area contributed by atoms with Crippen LogP contribution in [0.15, 0.2) is 28.8 Å². The van der Waals surface area contributed by atoms with Crippen LogP contribution in [0.2, 0.25) is 0 Å². The zero-order valence-corrected chi connectivity index (χ0v) is 17.0. The van der Waals surface area contributed by atoms with E-state index in [-0.39, 0.29) is 12.0 Å². The maximum Gasteiger partial charge on any atom is 0.322 e. The van der Waals surface area contributed by atoms with Crippen molar-refractivity contribution >= 4 is 16.9 Å². The van der Waals surface area contributed by atoms with Crippen molar-refractivity contribution in [2.24, 2.45) is 0 Å². The Balaban J connectivity index is 1.88. The second-order valence-electron chi connectivity index (χ2n) is 7.06. The average molecular weight is 390 g/mol. The highest BCUT2D eigenvalue weighted by molar-refractivity contribution is 5.86. The van der Waals surface area contributed by atoms with Crippen molar-refractivity contribution in [3.8, 4) is 17.3 Å². The Morgan fingerprint density at radius 2 is 1.83 bits per heavy atom. The molecule has 1 aromatic carbocycles. The minimum absolute atomic E-state index is 0.123. The summed E-state index contributed by atoms with van der Waals surface area (Å²) >= 11 is 0. The smallest absolute Gasteiger partial charge is 0.322 e. The predicted molar refractivity (Wildman–Crippen MR) is 109 cm³/mol. The summed E-state index contributed by atoms with van der Waals surface area (Å²) in [4.78, 5) is 17.3. The van der Waals surface area contributed by atoms with Gasteiger partial charge in [0, 0.05) is 10.9 Å². The van der Waals surface area contributed by atoms with Gasteiger partial charge >= 0.3 is 6.01 Å². The molecule has 0 spiro atoms. The van der Waals surface area contributed by atoms with Crippen LogP contribution in [0.4, 0.5) is 5.95 Å². The van der Waals surface area contributed by atoms with E-state index < -0.39 is 6.10 Å². The first kappa shape index (κ1) is 18.8. The molecule has 0 aliphatic heterocycles. The number of fused-ring (bicyclic) bond motifs is 1. The third kappa shape index (κ3) is 3.49. The number of nitrogens with zero attached hydrogens (tertiary/aromatic N) is 5. The molecule has 0 saturated carbocycles. The van der Waals surface area contributed by atoms with Gasteiger partial charge in [0.1, 0.15) is 17.7 Å². The monoisotopic (exact) mass is 390 g/mol. The van der Waals surface area contributed by atoms with E-state index in [2.05, 4.69) is 26.2 Å². The van der Waals surface area contributed by atoms with Crippen molar-refractivity contribution in [3.63, 3.8) is 0 Å². The van der Waals surface area contributed by atoms with Crippen molar-refractivity contribution in [1.82, 2.24) is 25.1 Å². The number of hydrogen-bond acceptors (Lipinski definition) is 8. The molecule has 0 aliphatic carbocycles. The summed E-state index contributed by atoms with van der Waals surface area (Å²) < 4.78 is 11.4. The van der Waals surface area contributed by atoms with E-state index in [1.807, 2.05) is 45.9 Å². The highest BCUT2D eigenvalue weighted by Gasteiger charge is 2.23. The number of ether oxygens (including phenoxy) is 1. The van der Waals surface area contributed by atoms with Crippen LogP contribution in [-0.2, 0) is 0 Å². The summed E-state index contributed by atoms with van der Waals surface area (Å²) in [6, 6.07) is 8.35. The Morgan fingerprint density at radius 1 is 1.03 bits per heavy atom. The summed E-state index contributed by atoms with van der Waals surface area (Å²) in [5.41, 5.74) is 11.1. The normalized spacial score (nSPS) is 12.3. The molecule has 4 rings (SSSR count). The fourth-order valence-corrected chi connectivity index (χ4v) is 3.45. The van der Waals surface area contributed by atoms with Gasteiger partial charge in [-0.2, -0.15) is 15.0 Å². The van der Waals surface area contributed by atoms with Gasteiger partial charge in [-0.3, -0.25) is 0 Å². The van der Waals surface area contributed by atoms with E-state index in [9.17, 15) is 0 Å². The minimum atomic E-state index is -0.391. The van der Waals surface area contributed by atoms with Crippen molar-refractivity contribution in [2.45, 2.75) is 40.7 Å². The first-order valence-corrected chi connectivity index (χ1v) is 9.32.